The topological polar surface area (TPSA) is 17.8 Å². The molecule has 0 aliphatic heterocycles. The fourth-order valence-corrected chi connectivity index (χ4v) is 1.67. The third kappa shape index (κ3) is 0.681. The molecule has 0 bridgehead atoms. The smallest absolute Gasteiger partial charge is 0.0659 e. The molecular weight excluding hydrogens is 124 g/mol. The van der Waals surface area contributed by atoms with E-state index in [1.54, 1.807) is 0 Å². The first-order valence-corrected chi connectivity index (χ1v) is 3.80. The summed E-state index contributed by atoms with van der Waals surface area (Å²) in [4.78, 5) is 0. The molecule has 1 aromatic heterocycles. The molecule has 1 atom stereocenters. The Balaban J connectivity index is 2.49. The first-order chi connectivity index (χ1) is 4.77. The van der Waals surface area contributed by atoms with Gasteiger partial charge >= 0.3 is 0 Å². The zero-order chi connectivity index (χ0) is 7.14. The average molecular weight is 136 g/mol. The highest BCUT2D eigenvalue weighted by atomic mass is 15.3. The zero-order valence-corrected chi connectivity index (χ0v) is 6.46. The van der Waals surface area contributed by atoms with Crippen molar-refractivity contribution in [2.75, 3.05) is 0 Å². The SMILES string of the molecule is CC1CCc2nn(C)cc21. The molecule has 10 heavy (non-hydrogen) atoms. The Bertz CT molecular complexity index is 250. The van der Waals surface area contributed by atoms with Crippen molar-refractivity contribution in [2.45, 2.75) is 25.7 Å². The van der Waals surface area contributed by atoms with E-state index in [1.807, 2.05) is 11.7 Å². The maximum Gasteiger partial charge on any atom is 0.0659 e. The number of hydrogen-bond donors (Lipinski definition) is 0. The van der Waals surface area contributed by atoms with Crippen LogP contribution in [0.15, 0.2) is 6.20 Å². The van der Waals surface area contributed by atoms with Gasteiger partial charge in [-0.2, -0.15) is 5.10 Å². The van der Waals surface area contributed by atoms with Crippen LogP contribution < -0.4 is 0 Å². The lowest BCUT2D eigenvalue weighted by Gasteiger charge is -1.96. The van der Waals surface area contributed by atoms with E-state index >= 15 is 0 Å². The second-order valence-electron chi connectivity index (χ2n) is 3.14. The maximum atomic E-state index is 4.36. The van der Waals surface area contributed by atoms with E-state index in [2.05, 4.69) is 18.2 Å². The molecule has 0 N–H and O–H groups in total. The molecule has 54 valence electrons. The normalized spacial score (nSPS) is 23.2. The lowest BCUT2D eigenvalue weighted by atomic mass is 10.1. The number of fused-ring (bicyclic) bond motifs is 1. The summed E-state index contributed by atoms with van der Waals surface area (Å²) >= 11 is 0. The van der Waals surface area contributed by atoms with Crippen LogP contribution in [-0.4, -0.2) is 9.78 Å². The Morgan fingerprint density at radius 2 is 2.50 bits per heavy atom. The van der Waals surface area contributed by atoms with Crippen molar-refractivity contribution < 1.29 is 0 Å². The highest BCUT2D eigenvalue weighted by molar-refractivity contribution is 5.26. The lowest BCUT2D eigenvalue weighted by Crippen LogP contribution is -1.90. The van der Waals surface area contributed by atoms with Crippen LogP contribution >= 0.6 is 0 Å². The van der Waals surface area contributed by atoms with Crippen molar-refractivity contribution >= 4 is 0 Å². The summed E-state index contributed by atoms with van der Waals surface area (Å²) in [5.41, 5.74) is 2.78. The van der Waals surface area contributed by atoms with E-state index in [0.717, 1.165) is 5.92 Å². The van der Waals surface area contributed by atoms with Gasteiger partial charge in [-0.25, -0.2) is 0 Å². The predicted molar refractivity (Wildman–Crippen MR) is 39.9 cm³/mol. The minimum absolute atomic E-state index is 0.740. The summed E-state index contributed by atoms with van der Waals surface area (Å²) < 4.78 is 1.92. The summed E-state index contributed by atoms with van der Waals surface area (Å²) in [5, 5.41) is 4.36. The van der Waals surface area contributed by atoms with Gasteiger partial charge in [-0.15, -0.1) is 0 Å². The Hall–Kier alpha value is -0.790. The second kappa shape index (κ2) is 1.84. The summed E-state index contributed by atoms with van der Waals surface area (Å²) in [5.74, 6) is 0.740. The van der Waals surface area contributed by atoms with Crippen molar-refractivity contribution in [2.24, 2.45) is 7.05 Å². The van der Waals surface area contributed by atoms with Crippen LogP contribution in [0.2, 0.25) is 0 Å². The third-order valence-corrected chi connectivity index (χ3v) is 2.28. The van der Waals surface area contributed by atoms with Gasteiger partial charge < -0.3 is 0 Å². The fraction of sp³-hybridized carbons (Fsp3) is 0.625. The van der Waals surface area contributed by atoms with E-state index in [9.17, 15) is 0 Å². The minimum atomic E-state index is 0.740. The van der Waals surface area contributed by atoms with Gasteiger partial charge in [-0.05, 0) is 24.3 Å². The molecule has 1 aliphatic rings. The summed E-state index contributed by atoms with van der Waals surface area (Å²) in [6.45, 7) is 2.27. The third-order valence-electron chi connectivity index (χ3n) is 2.28. The average Bonchev–Trinajstić information content (AvgIpc) is 2.35. The molecule has 0 saturated heterocycles. The number of rotatable bonds is 0. The van der Waals surface area contributed by atoms with Crippen molar-refractivity contribution in [1.82, 2.24) is 9.78 Å². The molecule has 1 heterocycles. The quantitative estimate of drug-likeness (QED) is 0.528. The van der Waals surface area contributed by atoms with Gasteiger partial charge in [-0.1, -0.05) is 6.92 Å². The maximum absolute atomic E-state index is 4.36. The molecule has 2 nitrogen and oxygen atoms in total. The van der Waals surface area contributed by atoms with Crippen LogP contribution in [0.1, 0.15) is 30.5 Å². The molecule has 0 saturated carbocycles. The fourth-order valence-electron chi connectivity index (χ4n) is 1.67. The molecule has 2 heteroatoms. The van der Waals surface area contributed by atoms with E-state index in [4.69, 9.17) is 0 Å². The van der Waals surface area contributed by atoms with Gasteiger partial charge in [0.05, 0.1) is 5.69 Å². The molecule has 0 aromatic carbocycles. The molecule has 0 amide bonds. The standard InChI is InChI=1S/C8H12N2/c1-6-3-4-8-7(6)5-10(2)9-8/h5-6H,3-4H2,1-2H3. The predicted octanol–water partition coefficient (Wildman–Crippen LogP) is 1.47. The van der Waals surface area contributed by atoms with Crippen LogP contribution in [0.25, 0.3) is 0 Å². The highest BCUT2D eigenvalue weighted by Gasteiger charge is 2.20. The Labute approximate surface area is 60.9 Å². The van der Waals surface area contributed by atoms with Crippen molar-refractivity contribution in [1.29, 1.82) is 0 Å². The summed E-state index contributed by atoms with van der Waals surface area (Å²) in [6.07, 6.45) is 4.61. The Morgan fingerprint density at radius 3 is 3.20 bits per heavy atom. The van der Waals surface area contributed by atoms with Gasteiger partial charge in [0, 0.05) is 13.2 Å². The van der Waals surface area contributed by atoms with Gasteiger partial charge in [0.2, 0.25) is 0 Å². The Kier molecular flexibility index (Phi) is 1.10. The van der Waals surface area contributed by atoms with Crippen LogP contribution in [0, 0.1) is 0 Å². The molecular formula is C8H12N2. The van der Waals surface area contributed by atoms with Crippen molar-refractivity contribution in [3.63, 3.8) is 0 Å². The number of nitrogens with zero attached hydrogens (tertiary/aromatic N) is 2. The van der Waals surface area contributed by atoms with Crippen LogP contribution in [0.4, 0.5) is 0 Å². The first-order valence-electron chi connectivity index (χ1n) is 3.80. The largest absolute Gasteiger partial charge is 0.275 e. The molecule has 2 rings (SSSR count). The molecule has 1 unspecified atom stereocenters. The summed E-state index contributed by atoms with van der Waals surface area (Å²) in [6, 6.07) is 0. The minimum Gasteiger partial charge on any atom is -0.275 e. The second-order valence-corrected chi connectivity index (χ2v) is 3.14. The van der Waals surface area contributed by atoms with Crippen molar-refractivity contribution in [3.05, 3.63) is 17.5 Å². The van der Waals surface area contributed by atoms with E-state index in [0.29, 0.717) is 0 Å². The first kappa shape index (κ1) is 5.96. The van der Waals surface area contributed by atoms with Gasteiger partial charge in [0.15, 0.2) is 0 Å². The van der Waals surface area contributed by atoms with Crippen LogP contribution in [0.3, 0.4) is 0 Å². The van der Waals surface area contributed by atoms with E-state index in [-0.39, 0.29) is 0 Å². The number of hydrogen-bond acceptors (Lipinski definition) is 1. The Morgan fingerprint density at radius 1 is 1.70 bits per heavy atom. The van der Waals surface area contributed by atoms with Gasteiger partial charge in [-0.3, -0.25) is 4.68 Å². The van der Waals surface area contributed by atoms with Crippen molar-refractivity contribution in [3.8, 4) is 0 Å². The van der Waals surface area contributed by atoms with Crippen LogP contribution in [-0.2, 0) is 13.5 Å². The van der Waals surface area contributed by atoms with Crippen LogP contribution in [0.5, 0.6) is 0 Å². The molecule has 0 fully saturated rings. The summed E-state index contributed by atoms with van der Waals surface area (Å²) in [7, 11) is 1.99. The molecule has 0 spiro atoms. The monoisotopic (exact) mass is 136 g/mol. The van der Waals surface area contributed by atoms with Gasteiger partial charge in [0.25, 0.3) is 0 Å². The molecule has 1 aromatic rings. The highest BCUT2D eigenvalue weighted by Crippen LogP contribution is 2.30. The molecule has 1 aliphatic carbocycles. The lowest BCUT2D eigenvalue weighted by molar-refractivity contribution is 0.690. The number of aromatic nitrogens is 2. The van der Waals surface area contributed by atoms with E-state index < -0.39 is 0 Å². The molecule has 0 radical (unpaired) electrons. The number of aryl methyl sites for hydroxylation is 2. The van der Waals surface area contributed by atoms with E-state index in [1.165, 1.54) is 24.1 Å². The zero-order valence-electron chi connectivity index (χ0n) is 6.46. The van der Waals surface area contributed by atoms with Gasteiger partial charge in [0.1, 0.15) is 0 Å².